The van der Waals surface area contributed by atoms with Gasteiger partial charge in [0, 0.05) is 23.9 Å². The molecule has 1 saturated heterocycles. The van der Waals surface area contributed by atoms with E-state index in [1.807, 2.05) is 18.2 Å². The predicted molar refractivity (Wildman–Crippen MR) is 90.0 cm³/mol. The third-order valence-corrected chi connectivity index (χ3v) is 3.83. The van der Waals surface area contributed by atoms with Gasteiger partial charge in [-0.2, -0.15) is 5.26 Å². The summed E-state index contributed by atoms with van der Waals surface area (Å²) in [6, 6.07) is 15.8. The fourth-order valence-electron chi connectivity index (χ4n) is 2.53. The maximum atomic E-state index is 12.2. The maximum Gasteiger partial charge on any atom is 0.255 e. The minimum Gasteiger partial charge on any atom is -0.491 e. The molecule has 5 nitrogen and oxygen atoms in total. The molecule has 122 valence electrons. The van der Waals surface area contributed by atoms with Gasteiger partial charge in [-0.1, -0.05) is 6.07 Å². The van der Waals surface area contributed by atoms with Crippen LogP contribution in [0.15, 0.2) is 48.5 Å². The largest absolute Gasteiger partial charge is 0.491 e. The zero-order chi connectivity index (χ0) is 16.8. The fourth-order valence-corrected chi connectivity index (χ4v) is 2.53. The van der Waals surface area contributed by atoms with Crippen LogP contribution in [0, 0.1) is 11.3 Å². The van der Waals surface area contributed by atoms with Gasteiger partial charge < -0.3 is 14.8 Å². The van der Waals surface area contributed by atoms with Crippen molar-refractivity contribution in [2.75, 3.05) is 18.5 Å². The molecule has 24 heavy (non-hydrogen) atoms. The van der Waals surface area contributed by atoms with E-state index in [4.69, 9.17) is 14.7 Å². The first-order valence-electron chi connectivity index (χ1n) is 7.90. The molecule has 0 bridgehead atoms. The van der Waals surface area contributed by atoms with Crippen LogP contribution in [0.4, 0.5) is 5.69 Å². The molecular formula is C19H18N2O3. The lowest BCUT2D eigenvalue weighted by molar-refractivity contribution is 0.0680. The molecule has 3 rings (SSSR count). The summed E-state index contributed by atoms with van der Waals surface area (Å²) in [4.78, 5) is 12.2. The smallest absolute Gasteiger partial charge is 0.255 e. The van der Waals surface area contributed by atoms with Gasteiger partial charge in [0.15, 0.2) is 0 Å². The molecule has 0 radical (unpaired) electrons. The molecule has 1 aliphatic heterocycles. The first-order chi connectivity index (χ1) is 11.7. The Balaban J connectivity index is 1.60. The van der Waals surface area contributed by atoms with Gasteiger partial charge in [-0.25, -0.2) is 0 Å². The average Bonchev–Trinajstić information content (AvgIpc) is 3.14. The Labute approximate surface area is 140 Å². The number of rotatable bonds is 5. The molecule has 0 aliphatic carbocycles. The van der Waals surface area contributed by atoms with E-state index >= 15 is 0 Å². The predicted octanol–water partition coefficient (Wildman–Crippen LogP) is 3.37. The van der Waals surface area contributed by atoms with E-state index in [-0.39, 0.29) is 12.0 Å². The van der Waals surface area contributed by atoms with Gasteiger partial charge in [0.25, 0.3) is 5.91 Å². The number of amides is 1. The van der Waals surface area contributed by atoms with Crippen molar-refractivity contribution < 1.29 is 14.3 Å². The SMILES string of the molecule is N#Cc1ccc(C(=O)Nc2cccc(OCC3CCCO3)c2)cc1. The highest BCUT2D eigenvalue weighted by atomic mass is 16.5. The molecule has 5 heteroatoms. The minimum atomic E-state index is -0.226. The van der Waals surface area contributed by atoms with Crippen molar-refractivity contribution in [3.63, 3.8) is 0 Å². The third kappa shape index (κ3) is 4.12. The molecule has 0 aromatic heterocycles. The maximum absolute atomic E-state index is 12.2. The van der Waals surface area contributed by atoms with Crippen LogP contribution in [0.25, 0.3) is 0 Å². The van der Waals surface area contributed by atoms with E-state index in [1.54, 1.807) is 36.4 Å². The summed E-state index contributed by atoms with van der Waals surface area (Å²) in [5, 5.41) is 11.6. The summed E-state index contributed by atoms with van der Waals surface area (Å²) in [5.41, 5.74) is 1.69. The van der Waals surface area contributed by atoms with E-state index in [2.05, 4.69) is 5.32 Å². The molecule has 1 aliphatic rings. The number of anilines is 1. The monoisotopic (exact) mass is 322 g/mol. The lowest BCUT2D eigenvalue weighted by Crippen LogP contribution is -2.16. The van der Waals surface area contributed by atoms with Crippen molar-refractivity contribution >= 4 is 11.6 Å². The van der Waals surface area contributed by atoms with Crippen LogP contribution in [0.2, 0.25) is 0 Å². The van der Waals surface area contributed by atoms with Gasteiger partial charge in [0.2, 0.25) is 0 Å². The van der Waals surface area contributed by atoms with Crippen molar-refractivity contribution in [3.8, 4) is 11.8 Å². The second-order valence-electron chi connectivity index (χ2n) is 5.62. The summed E-state index contributed by atoms with van der Waals surface area (Å²) in [7, 11) is 0. The van der Waals surface area contributed by atoms with Crippen molar-refractivity contribution in [3.05, 3.63) is 59.7 Å². The van der Waals surface area contributed by atoms with Crippen LogP contribution in [-0.4, -0.2) is 25.2 Å². The summed E-state index contributed by atoms with van der Waals surface area (Å²) in [6.07, 6.45) is 2.26. The summed E-state index contributed by atoms with van der Waals surface area (Å²) in [5.74, 6) is 0.471. The molecule has 0 spiro atoms. The van der Waals surface area contributed by atoms with Crippen LogP contribution in [0.5, 0.6) is 5.75 Å². The zero-order valence-electron chi connectivity index (χ0n) is 13.2. The second-order valence-corrected chi connectivity index (χ2v) is 5.62. The summed E-state index contributed by atoms with van der Waals surface area (Å²) in [6.45, 7) is 1.32. The highest BCUT2D eigenvalue weighted by Crippen LogP contribution is 2.20. The van der Waals surface area contributed by atoms with Crippen LogP contribution in [0.1, 0.15) is 28.8 Å². The first kappa shape index (κ1) is 16.0. The molecule has 0 saturated carbocycles. The number of nitrogens with one attached hydrogen (secondary N) is 1. The van der Waals surface area contributed by atoms with Crippen molar-refractivity contribution in [1.29, 1.82) is 5.26 Å². The molecule has 1 N–H and O–H groups in total. The molecule has 1 unspecified atom stereocenters. The van der Waals surface area contributed by atoms with E-state index in [0.717, 1.165) is 19.4 Å². The molecule has 2 aromatic rings. The molecule has 1 amide bonds. The number of carbonyl (C=O) groups excluding carboxylic acids is 1. The van der Waals surface area contributed by atoms with E-state index in [9.17, 15) is 4.79 Å². The molecule has 1 heterocycles. The van der Waals surface area contributed by atoms with Crippen LogP contribution in [0.3, 0.4) is 0 Å². The van der Waals surface area contributed by atoms with Gasteiger partial charge in [-0.3, -0.25) is 4.79 Å². The number of nitrogens with zero attached hydrogens (tertiary/aromatic N) is 1. The number of nitriles is 1. The Bertz CT molecular complexity index is 744. The normalized spacial score (nSPS) is 16.4. The highest BCUT2D eigenvalue weighted by molar-refractivity contribution is 6.04. The number of benzene rings is 2. The van der Waals surface area contributed by atoms with E-state index < -0.39 is 0 Å². The quantitative estimate of drug-likeness (QED) is 0.916. The van der Waals surface area contributed by atoms with Gasteiger partial charge in [-0.15, -0.1) is 0 Å². The standard InChI is InChI=1S/C19H18N2O3/c20-12-14-6-8-15(9-7-14)19(22)21-16-3-1-4-17(11-16)24-13-18-5-2-10-23-18/h1,3-4,6-9,11,18H,2,5,10,13H2,(H,21,22). The van der Waals surface area contributed by atoms with Crippen molar-refractivity contribution in [2.24, 2.45) is 0 Å². The number of ether oxygens (including phenoxy) is 2. The Morgan fingerprint density at radius 2 is 2.12 bits per heavy atom. The zero-order valence-corrected chi connectivity index (χ0v) is 13.2. The van der Waals surface area contributed by atoms with Crippen LogP contribution in [-0.2, 0) is 4.74 Å². The van der Waals surface area contributed by atoms with Gasteiger partial charge >= 0.3 is 0 Å². The van der Waals surface area contributed by atoms with Crippen molar-refractivity contribution in [1.82, 2.24) is 0 Å². The number of hydrogen-bond acceptors (Lipinski definition) is 4. The summed E-state index contributed by atoms with van der Waals surface area (Å²) >= 11 is 0. The molecule has 2 aromatic carbocycles. The molecular weight excluding hydrogens is 304 g/mol. The fraction of sp³-hybridized carbons (Fsp3) is 0.263. The second kappa shape index (κ2) is 7.62. The van der Waals surface area contributed by atoms with E-state index in [0.29, 0.717) is 29.2 Å². The van der Waals surface area contributed by atoms with E-state index in [1.165, 1.54) is 0 Å². The third-order valence-electron chi connectivity index (χ3n) is 3.83. The van der Waals surface area contributed by atoms with Gasteiger partial charge in [0.05, 0.1) is 17.7 Å². The number of carbonyl (C=O) groups is 1. The average molecular weight is 322 g/mol. The van der Waals surface area contributed by atoms with Crippen molar-refractivity contribution in [2.45, 2.75) is 18.9 Å². The van der Waals surface area contributed by atoms with Crippen LogP contribution >= 0.6 is 0 Å². The summed E-state index contributed by atoms with van der Waals surface area (Å²) < 4.78 is 11.3. The first-order valence-corrected chi connectivity index (χ1v) is 7.90. The van der Waals surface area contributed by atoms with Gasteiger partial charge in [0.1, 0.15) is 12.4 Å². The highest BCUT2D eigenvalue weighted by Gasteiger charge is 2.16. The Kier molecular flexibility index (Phi) is 5.09. The van der Waals surface area contributed by atoms with Gasteiger partial charge in [-0.05, 0) is 49.2 Å². The molecule has 1 fully saturated rings. The molecule has 1 atom stereocenters. The topological polar surface area (TPSA) is 71.4 Å². The number of hydrogen-bond donors (Lipinski definition) is 1. The van der Waals surface area contributed by atoms with Crippen LogP contribution < -0.4 is 10.1 Å². The lowest BCUT2D eigenvalue weighted by Gasteiger charge is -2.12. The minimum absolute atomic E-state index is 0.155. The Hall–Kier alpha value is -2.84. The lowest BCUT2D eigenvalue weighted by atomic mass is 10.1. The Morgan fingerprint density at radius 3 is 2.83 bits per heavy atom. The Morgan fingerprint density at radius 1 is 1.29 bits per heavy atom.